The Bertz CT molecular complexity index is 1060. The molecule has 0 aliphatic carbocycles. The van der Waals surface area contributed by atoms with Crippen LogP contribution in [0.2, 0.25) is 0 Å². The second kappa shape index (κ2) is 8.88. The number of carbonyl (C=O) groups is 3. The SMILES string of the molecule is O=C(COc1ccc(Br)cc1/C=C1\SC(=O)NC1=O)Nc1cccc([N+](=O)[O-])c1. The number of imide groups is 1. The average Bonchev–Trinajstić information content (AvgIpc) is 2.98. The number of rotatable bonds is 6. The molecule has 2 N–H and O–H groups in total. The van der Waals surface area contributed by atoms with Gasteiger partial charge in [0, 0.05) is 27.9 Å². The van der Waals surface area contributed by atoms with Crippen LogP contribution in [0.5, 0.6) is 5.75 Å². The van der Waals surface area contributed by atoms with E-state index in [-0.39, 0.29) is 22.9 Å². The summed E-state index contributed by atoms with van der Waals surface area (Å²) in [5, 5.41) is 15.0. The molecule has 3 rings (SSSR count). The van der Waals surface area contributed by atoms with Gasteiger partial charge in [0.05, 0.1) is 9.83 Å². The molecule has 11 heteroatoms. The fourth-order valence-corrected chi connectivity index (χ4v) is 3.42. The Balaban J connectivity index is 1.71. The molecule has 0 aromatic heterocycles. The third-order valence-electron chi connectivity index (χ3n) is 3.60. The molecule has 0 spiro atoms. The highest BCUT2D eigenvalue weighted by molar-refractivity contribution is 9.10. The Morgan fingerprint density at radius 3 is 2.76 bits per heavy atom. The van der Waals surface area contributed by atoms with Gasteiger partial charge in [-0.05, 0) is 42.1 Å². The first kappa shape index (κ1) is 20.6. The van der Waals surface area contributed by atoms with E-state index in [1.165, 1.54) is 30.3 Å². The first-order valence-corrected chi connectivity index (χ1v) is 9.64. The van der Waals surface area contributed by atoms with Gasteiger partial charge in [-0.2, -0.15) is 0 Å². The van der Waals surface area contributed by atoms with E-state index < -0.39 is 22.0 Å². The maximum Gasteiger partial charge on any atom is 0.290 e. The van der Waals surface area contributed by atoms with Crippen LogP contribution in [0.25, 0.3) is 6.08 Å². The number of halogens is 1. The summed E-state index contributed by atoms with van der Waals surface area (Å²) < 4.78 is 6.25. The number of ether oxygens (including phenoxy) is 1. The minimum Gasteiger partial charge on any atom is -0.483 e. The standard InChI is InChI=1S/C18H12BrN3O6S/c19-11-4-5-14(10(6-11)7-15-17(24)21-18(25)29-15)28-9-16(23)20-12-2-1-3-13(8-12)22(26)27/h1-8H,9H2,(H,20,23)(H,21,24,25)/b15-7-. The zero-order chi connectivity index (χ0) is 21.0. The summed E-state index contributed by atoms with van der Waals surface area (Å²) in [6.45, 7) is -0.362. The van der Waals surface area contributed by atoms with Gasteiger partial charge in [0.1, 0.15) is 5.75 Å². The van der Waals surface area contributed by atoms with Crippen LogP contribution in [0.3, 0.4) is 0 Å². The van der Waals surface area contributed by atoms with Crippen molar-refractivity contribution in [2.75, 3.05) is 11.9 Å². The third kappa shape index (κ3) is 5.42. The zero-order valence-electron chi connectivity index (χ0n) is 14.5. The molecule has 0 bridgehead atoms. The van der Waals surface area contributed by atoms with Crippen molar-refractivity contribution < 1.29 is 24.0 Å². The number of nitrogens with zero attached hydrogens (tertiary/aromatic N) is 1. The highest BCUT2D eigenvalue weighted by Gasteiger charge is 2.25. The van der Waals surface area contributed by atoms with Crippen LogP contribution >= 0.6 is 27.7 Å². The van der Waals surface area contributed by atoms with Crippen molar-refractivity contribution in [3.8, 4) is 5.75 Å². The highest BCUT2D eigenvalue weighted by Crippen LogP contribution is 2.31. The molecule has 1 heterocycles. The van der Waals surface area contributed by atoms with Crippen LogP contribution in [-0.4, -0.2) is 28.6 Å². The molecule has 0 saturated carbocycles. The molecular formula is C18H12BrN3O6S. The van der Waals surface area contributed by atoms with E-state index >= 15 is 0 Å². The van der Waals surface area contributed by atoms with Gasteiger partial charge in [-0.1, -0.05) is 22.0 Å². The largest absolute Gasteiger partial charge is 0.483 e. The van der Waals surface area contributed by atoms with Crippen molar-refractivity contribution in [2.45, 2.75) is 0 Å². The number of thioether (sulfide) groups is 1. The van der Waals surface area contributed by atoms with Gasteiger partial charge in [-0.3, -0.25) is 29.8 Å². The van der Waals surface area contributed by atoms with E-state index in [1.54, 1.807) is 18.2 Å². The van der Waals surface area contributed by atoms with E-state index in [9.17, 15) is 24.5 Å². The van der Waals surface area contributed by atoms with Gasteiger partial charge in [0.25, 0.3) is 22.7 Å². The molecule has 1 saturated heterocycles. The van der Waals surface area contributed by atoms with E-state index in [2.05, 4.69) is 26.6 Å². The van der Waals surface area contributed by atoms with Crippen molar-refractivity contribution in [1.82, 2.24) is 5.32 Å². The van der Waals surface area contributed by atoms with Crippen LogP contribution < -0.4 is 15.4 Å². The Hall–Kier alpha value is -3.18. The van der Waals surface area contributed by atoms with Gasteiger partial charge in [-0.15, -0.1) is 0 Å². The first-order chi connectivity index (χ1) is 13.8. The number of anilines is 1. The molecule has 1 fully saturated rings. The molecule has 29 heavy (non-hydrogen) atoms. The normalized spacial score (nSPS) is 14.6. The zero-order valence-corrected chi connectivity index (χ0v) is 16.9. The molecule has 148 valence electrons. The summed E-state index contributed by atoms with van der Waals surface area (Å²) in [4.78, 5) is 45.7. The van der Waals surface area contributed by atoms with Crippen molar-refractivity contribution in [3.63, 3.8) is 0 Å². The Kier molecular flexibility index (Phi) is 6.29. The van der Waals surface area contributed by atoms with Crippen molar-refractivity contribution in [2.24, 2.45) is 0 Å². The van der Waals surface area contributed by atoms with Crippen molar-refractivity contribution in [1.29, 1.82) is 0 Å². The molecule has 1 aliphatic heterocycles. The number of nitro benzene ring substituents is 1. The molecule has 0 unspecified atom stereocenters. The summed E-state index contributed by atoms with van der Waals surface area (Å²) in [6, 6.07) is 10.5. The van der Waals surface area contributed by atoms with Crippen molar-refractivity contribution in [3.05, 3.63) is 67.5 Å². The lowest BCUT2D eigenvalue weighted by atomic mass is 10.2. The number of carbonyl (C=O) groups excluding carboxylic acids is 3. The van der Waals surface area contributed by atoms with E-state index in [0.29, 0.717) is 15.8 Å². The Morgan fingerprint density at radius 1 is 1.28 bits per heavy atom. The van der Waals surface area contributed by atoms with Gasteiger partial charge < -0.3 is 10.1 Å². The van der Waals surface area contributed by atoms with Gasteiger partial charge in [0.15, 0.2) is 6.61 Å². The first-order valence-electron chi connectivity index (χ1n) is 8.03. The predicted molar refractivity (Wildman–Crippen MR) is 110 cm³/mol. The molecule has 0 atom stereocenters. The summed E-state index contributed by atoms with van der Waals surface area (Å²) in [5.41, 5.74) is 0.616. The summed E-state index contributed by atoms with van der Waals surface area (Å²) in [6.07, 6.45) is 1.49. The maximum atomic E-state index is 12.1. The topological polar surface area (TPSA) is 128 Å². The van der Waals surface area contributed by atoms with Crippen LogP contribution in [0.15, 0.2) is 51.8 Å². The lowest BCUT2D eigenvalue weighted by Crippen LogP contribution is -2.20. The average molecular weight is 478 g/mol. The number of hydrogen-bond acceptors (Lipinski definition) is 7. The molecule has 2 aromatic rings. The van der Waals surface area contributed by atoms with E-state index in [0.717, 1.165) is 11.8 Å². The number of nitrogens with one attached hydrogen (secondary N) is 2. The summed E-state index contributed by atoms with van der Waals surface area (Å²) >= 11 is 4.09. The van der Waals surface area contributed by atoms with E-state index in [1.807, 2.05) is 0 Å². The highest BCUT2D eigenvalue weighted by atomic mass is 79.9. The second-order valence-corrected chi connectivity index (χ2v) is 7.61. The number of nitro groups is 1. The van der Waals surface area contributed by atoms with Crippen LogP contribution in [0.1, 0.15) is 5.56 Å². The number of amides is 3. The number of hydrogen-bond donors (Lipinski definition) is 2. The summed E-state index contributed by atoms with van der Waals surface area (Å²) in [7, 11) is 0. The molecule has 3 amide bonds. The van der Waals surface area contributed by atoms with E-state index in [4.69, 9.17) is 4.74 Å². The van der Waals surface area contributed by atoms with Crippen LogP contribution in [0.4, 0.5) is 16.2 Å². The predicted octanol–water partition coefficient (Wildman–Crippen LogP) is 3.70. The second-order valence-electron chi connectivity index (χ2n) is 5.68. The molecule has 9 nitrogen and oxygen atoms in total. The molecule has 1 aliphatic rings. The lowest BCUT2D eigenvalue weighted by Gasteiger charge is -2.10. The Morgan fingerprint density at radius 2 is 2.07 bits per heavy atom. The fraction of sp³-hybridized carbons (Fsp3) is 0.0556. The van der Waals surface area contributed by atoms with Gasteiger partial charge in [-0.25, -0.2) is 0 Å². The molecule has 0 radical (unpaired) electrons. The monoisotopic (exact) mass is 477 g/mol. The van der Waals surface area contributed by atoms with Crippen LogP contribution in [0, 0.1) is 10.1 Å². The lowest BCUT2D eigenvalue weighted by molar-refractivity contribution is -0.384. The number of non-ortho nitro benzene ring substituents is 1. The summed E-state index contributed by atoms with van der Waals surface area (Å²) in [5.74, 6) is -0.702. The van der Waals surface area contributed by atoms with Crippen LogP contribution in [-0.2, 0) is 9.59 Å². The third-order valence-corrected chi connectivity index (χ3v) is 4.90. The molecular weight excluding hydrogens is 466 g/mol. The smallest absolute Gasteiger partial charge is 0.290 e. The maximum absolute atomic E-state index is 12.1. The molecule has 2 aromatic carbocycles. The number of benzene rings is 2. The van der Waals surface area contributed by atoms with Gasteiger partial charge >= 0.3 is 0 Å². The quantitative estimate of drug-likeness (QED) is 0.368. The minimum absolute atomic E-state index is 0.146. The van der Waals surface area contributed by atoms with Crippen molar-refractivity contribution >= 4 is 62.2 Å². The van der Waals surface area contributed by atoms with Gasteiger partial charge in [0.2, 0.25) is 0 Å². The fourth-order valence-electron chi connectivity index (χ4n) is 2.36. The minimum atomic E-state index is -0.560. The Labute approximate surface area is 176 Å².